The predicted molar refractivity (Wildman–Crippen MR) is 153 cm³/mol. The normalized spacial score (nSPS) is 11.6. The van der Waals surface area contributed by atoms with Crippen molar-refractivity contribution < 1.29 is 62.1 Å². The van der Waals surface area contributed by atoms with Crippen molar-refractivity contribution in [3.63, 3.8) is 0 Å². The van der Waals surface area contributed by atoms with E-state index in [-0.39, 0.29) is 19.1 Å². The summed E-state index contributed by atoms with van der Waals surface area (Å²) in [7, 11) is 0. The molecule has 0 saturated carbocycles. The van der Waals surface area contributed by atoms with Crippen LogP contribution in [0.1, 0.15) is 34.1 Å². The van der Waals surface area contributed by atoms with Crippen LogP contribution in [0.4, 0.5) is 4.79 Å². The molecule has 14 nitrogen and oxygen atoms in total. The van der Waals surface area contributed by atoms with E-state index in [0.29, 0.717) is 125 Å². The van der Waals surface area contributed by atoms with E-state index >= 15 is 0 Å². The molecule has 0 fully saturated rings. The molecule has 0 radical (unpaired) electrons. The summed E-state index contributed by atoms with van der Waals surface area (Å²) in [5.41, 5.74) is -0.557. The van der Waals surface area contributed by atoms with Crippen LogP contribution in [0, 0.1) is 0 Å². The second kappa shape index (κ2) is 29.5. The second-order valence-electron chi connectivity index (χ2n) is 9.71. The number of carboxylic acids is 1. The molecule has 0 saturated heterocycles. The minimum Gasteiger partial charge on any atom is -0.481 e. The highest BCUT2D eigenvalue weighted by Gasteiger charge is 2.21. The molecule has 1 amide bonds. The van der Waals surface area contributed by atoms with Gasteiger partial charge in [0.2, 0.25) is 0 Å². The van der Waals surface area contributed by atoms with Gasteiger partial charge in [0.05, 0.1) is 119 Å². The molecular formula is C28H55NO13. The lowest BCUT2D eigenvalue weighted by Crippen LogP contribution is -2.40. The molecule has 0 aliphatic carbocycles. The monoisotopic (exact) mass is 613 g/mol. The minimum absolute atomic E-state index is 0.00601. The maximum Gasteiger partial charge on any atom is 0.410 e. The number of nitrogens with zero attached hydrogens (tertiary/aromatic N) is 1. The van der Waals surface area contributed by atoms with Crippen molar-refractivity contribution in [1.82, 2.24) is 4.90 Å². The SMILES string of the molecule is CCOCCN(CCOCCOCCOCCOCCOCCOCCOCCOCCC(=O)O)C(=O)OC(C)(C)C. The van der Waals surface area contributed by atoms with Crippen molar-refractivity contribution in [2.45, 2.75) is 39.7 Å². The van der Waals surface area contributed by atoms with Gasteiger partial charge in [-0.1, -0.05) is 0 Å². The van der Waals surface area contributed by atoms with Crippen LogP contribution in [-0.4, -0.2) is 160 Å². The molecule has 0 aromatic carbocycles. The van der Waals surface area contributed by atoms with E-state index in [1.165, 1.54) is 0 Å². The van der Waals surface area contributed by atoms with Gasteiger partial charge in [0.1, 0.15) is 5.60 Å². The van der Waals surface area contributed by atoms with Crippen molar-refractivity contribution in [3.8, 4) is 0 Å². The Labute approximate surface area is 251 Å². The summed E-state index contributed by atoms with van der Waals surface area (Å²) in [6, 6.07) is 0. The van der Waals surface area contributed by atoms with E-state index < -0.39 is 11.6 Å². The Morgan fingerprint density at radius 3 is 1.14 bits per heavy atom. The number of amides is 1. The average molecular weight is 614 g/mol. The van der Waals surface area contributed by atoms with Crippen LogP contribution in [0.25, 0.3) is 0 Å². The molecule has 0 aromatic rings. The lowest BCUT2D eigenvalue weighted by atomic mass is 10.2. The molecular weight excluding hydrogens is 558 g/mol. The van der Waals surface area contributed by atoms with Crippen LogP contribution in [0.3, 0.4) is 0 Å². The van der Waals surface area contributed by atoms with E-state index in [0.717, 1.165) is 0 Å². The molecule has 0 aromatic heterocycles. The number of carboxylic acid groups (broad SMARTS) is 1. The van der Waals surface area contributed by atoms with Gasteiger partial charge in [0.15, 0.2) is 0 Å². The maximum absolute atomic E-state index is 12.4. The van der Waals surface area contributed by atoms with Crippen molar-refractivity contribution in [2.75, 3.05) is 132 Å². The van der Waals surface area contributed by atoms with Gasteiger partial charge in [-0.05, 0) is 27.7 Å². The molecule has 250 valence electrons. The minimum atomic E-state index is -0.878. The second-order valence-corrected chi connectivity index (χ2v) is 9.71. The summed E-state index contributed by atoms with van der Waals surface area (Å²) in [6.07, 6.45) is -0.385. The maximum atomic E-state index is 12.4. The van der Waals surface area contributed by atoms with E-state index in [1.807, 2.05) is 27.7 Å². The topological polar surface area (TPSA) is 150 Å². The van der Waals surface area contributed by atoms with E-state index in [4.69, 9.17) is 52.5 Å². The first kappa shape index (κ1) is 40.4. The molecule has 0 aliphatic rings. The summed E-state index contributed by atoms with van der Waals surface area (Å²) >= 11 is 0. The highest BCUT2D eigenvalue weighted by atomic mass is 16.6. The standard InChI is InChI=1S/C28H55NO13/c1-5-33-10-7-29(27(32)42-28(2,3)4)8-11-35-13-15-37-17-19-39-21-23-41-25-24-40-22-20-38-18-16-36-14-12-34-9-6-26(30)31/h5-25H2,1-4H3,(H,30,31). The Morgan fingerprint density at radius 1 is 0.524 bits per heavy atom. The third-order valence-electron chi connectivity index (χ3n) is 4.93. The molecule has 0 unspecified atom stereocenters. The number of hydrogen-bond acceptors (Lipinski definition) is 12. The number of rotatable bonds is 31. The van der Waals surface area contributed by atoms with E-state index in [2.05, 4.69) is 0 Å². The molecule has 1 N–H and O–H groups in total. The summed E-state index contributed by atoms with van der Waals surface area (Å²) in [6.45, 7) is 16.1. The molecule has 0 aliphatic heterocycles. The number of carbonyl (C=O) groups excluding carboxylic acids is 1. The smallest absolute Gasteiger partial charge is 0.410 e. The third-order valence-corrected chi connectivity index (χ3v) is 4.93. The molecule has 0 atom stereocenters. The number of aliphatic carboxylic acids is 1. The van der Waals surface area contributed by atoms with Gasteiger partial charge in [0.25, 0.3) is 0 Å². The number of carbonyl (C=O) groups is 2. The highest BCUT2D eigenvalue weighted by molar-refractivity contribution is 5.68. The highest BCUT2D eigenvalue weighted by Crippen LogP contribution is 2.10. The van der Waals surface area contributed by atoms with Gasteiger partial charge in [-0.25, -0.2) is 4.79 Å². The van der Waals surface area contributed by atoms with Gasteiger partial charge in [-0.15, -0.1) is 0 Å². The van der Waals surface area contributed by atoms with Crippen molar-refractivity contribution in [1.29, 1.82) is 0 Å². The largest absolute Gasteiger partial charge is 0.481 e. The average Bonchev–Trinajstić information content (AvgIpc) is 2.92. The Balaban J connectivity index is 3.39. The summed E-state index contributed by atoms with van der Waals surface area (Å²) < 4.78 is 54.0. The molecule has 0 bridgehead atoms. The first-order valence-corrected chi connectivity index (χ1v) is 14.7. The van der Waals surface area contributed by atoms with E-state index in [1.54, 1.807) is 4.90 Å². The zero-order chi connectivity index (χ0) is 31.2. The zero-order valence-electron chi connectivity index (χ0n) is 26.1. The summed E-state index contributed by atoms with van der Waals surface area (Å²) in [4.78, 5) is 24.3. The van der Waals surface area contributed by atoms with Gasteiger partial charge in [-0.3, -0.25) is 4.79 Å². The Hall–Kier alpha value is -1.62. The Kier molecular flexibility index (Phi) is 28.3. The van der Waals surface area contributed by atoms with Crippen LogP contribution in [0.5, 0.6) is 0 Å². The molecule has 0 rings (SSSR count). The van der Waals surface area contributed by atoms with E-state index in [9.17, 15) is 9.59 Å². The van der Waals surface area contributed by atoms with Crippen molar-refractivity contribution in [2.24, 2.45) is 0 Å². The van der Waals surface area contributed by atoms with Crippen LogP contribution in [0.2, 0.25) is 0 Å². The number of hydrogen-bond donors (Lipinski definition) is 1. The Bertz CT molecular complexity index is 619. The molecule has 42 heavy (non-hydrogen) atoms. The summed E-state index contributed by atoms with van der Waals surface area (Å²) in [5.74, 6) is -0.878. The van der Waals surface area contributed by atoms with Gasteiger partial charge in [-0.2, -0.15) is 0 Å². The number of ether oxygens (including phenoxy) is 10. The predicted octanol–water partition coefficient (Wildman–Crippen LogP) is 1.87. The third kappa shape index (κ3) is 31.3. The summed E-state index contributed by atoms with van der Waals surface area (Å²) in [5, 5.41) is 8.48. The fourth-order valence-corrected chi connectivity index (χ4v) is 2.92. The zero-order valence-corrected chi connectivity index (χ0v) is 26.1. The van der Waals surface area contributed by atoms with Gasteiger partial charge < -0.3 is 57.4 Å². The van der Waals surface area contributed by atoms with Crippen LogP contribution >= 0.6 is 0 Å². The quantitative estimate of drug-likeness (QED) is 0.113. The van der Waals surface area contributed by atoms with Gasteiger partial charge >= 0.3 is 12.1 Å². The fraction of sp³-hybridized carbons (Fsp3) is 0.929. The van der Waals surface area contributed by atoms with Gasteiger partial charge in [0, 0.05) is 19.7 Å². The lowest BCUT2D eigenvalue weighted by molar-refractivity contribution is -0.138. The molecule has 14 heteroatoms. The molecule has 0 heterocycles. The van der Waals surface area contributed by atoms with Crippen LogP contribution in [0.15, 0.2) is 0 Å². The first-order chi connectivity index (χ1) is 20.3. The Morgan fingerprint density at radius 2 is 0.833 bits per heavy atom. The van der Waals surface area contributed by atoms with Crippen molar-refractivity contribution >= 4 is 12.1 Å². The van der Waals surface area contributed by atoms with Crippen LogP contribution < -0.4 is 0 Å². The lowest BCUT2D eigenvalue weighted by Gasteiger charge is -2.27. The van der Waals surface area contributed by atoms with Crippen molar-refractivity contribution in [3.05, 3.63) is 0 Å². The molecule has 0 spiro atoms. The first-order valence-electron chi connectivity index (χ1n) is 14.7. The van der Waals surface area contributed by atoms with Crippen LogP contribution in [-0.2, 0) is 52.2 Å². The fourth-order valence-electron chi connectivity index (χ4n) is 2.92.